The van der Waals surface area contributed by atoms with E-state index >= 15 is 0 Å². The number of thiophene rings is 1. The van der Waals surface area contributed by atoms with Gasteiger partial charge in [-0.3, -0.25) is 4.79 Å². The van der Waals surface area contributed by atoms with Crippen molar-refractivity contribution in [3.8, 4) is 0 Å². The topological polar surface area (TPSA) is 43.4 Å². The van der Waals surface area contributed by atoms with E-state index in [2.05, 4.69) is 0 Å². The molecule has 0 bridgehead atoms. The van der Waals surface area contributed by atoms with Crippen molar-refractivity contribution in [3.05, 3.63) is 70.4 Å². The van der Waals surface area contributed by atoms with Gasteiger partial charge in [-0.25, -0.2) is 9.18 Å². The fourth-order valence-electron chi connectivity index (χ4n) is 2.33. The minimum Gasteiger partial charge on any atom is -0.453 e. The SMILES string of the molecule is Cc1c(C(=O)OCC(=O)c2ccccc2F)sc2ccccc12. The van der Waals surface area contributed by atoms with Crippen molar-refractivity contribution < 1.29 is 18.7 Å². The van der Waals surface area contributed by atoms with Crippen LogP contribution in [0.1, 0.15) is 25.6 Å². The number of benzene rings is 2. The number of esters is 1. The minimum atomic E-state index is -0.619. The quantitative estimate of drug-likeness (QED) is 0.527. The van der Waals surface area contributed by atoms with Crippen molar-refractivity contribution in [3.63, 3.8) is 0 Å². The van der Waals surface area contributed by atoms with Gasteiger partial charge in [0.25, 0.3) is 0 Å². The normalized spacial score (nSPS) is 10.7. The molecule has 0 aliphatic carbocycles. The Kier molecular flexibility index (Phi) is 4.21. The molecule has 3 rings (SSSR count). The third kappa shape index (κ3) is 3.00. The van der Waals surface area contributed by atoms with E-state index in [1.165, 1.54) is 29.5 Å². The molecule has 2 aromatic carbocycles. The van der Waals surface area contributed by atoms with Crippen LogP contribution in [-0.2, 0) is 4.74 Å². The first-order valence-corrected chi connectivity index (χ1v) is 7.82. The number of hydrogen-bond donors (Lipinski definition) is 0. The Bertz CT molecular complexity index is 898. The lowest BCUT2D eigenvalue weighted by Gasteiger charge is -2.04. The molecule has 0 aliphatic heterocycles. The average molecular weight is 328 g/mol. The lowest BCUT2D eigenvalue weighted by Crippen LogP contribution is -2.15. The second-order valence-corrected chi connectivity index (χ2v) is 6.08. The van der Waals surface area contributed by atoms with E-state index in [1.807, 2.05) is 31.2 Å². The van der Waals surface area contributed by atoms with Gasteiger partial charge in [-0.2, -0.15) is 0 Å². The molecule has 0 unspecified atom stereocenters. The van der Waals surface area contributed by atoms with Gasteiger partial charge >= 0.3 is 5.97 Å². The van der Waals surface area contributed by atoms with Crippen LogP contribution in [0.4, 0.5) is 4.39 Å². The number of hydrogen-bond acceptors (Lipinski definition) is 4. The van der Waals surface area contributed by atoms with Crippen molar-refractivity contribution in [1.29, 1.82) is 0 Å². The number of ketones is 1. The van der Waals surface area contributed by atoms with Crippen LogP contribution in [0.2, 0.25) is 0 Å². The van der Waals surface area contributed by atoms with Crippen molar-refractivity contribution in [1.82, 2.24) is 0 Å². The van der Waals surface area contributed by atoms with Crippen molar-refractivity contribution in [2.45, 2.75) is 6.92 Å². The van der Waals surface area contributed by atoms with Gasteiger partial charge in [-0.1, -0.05) is 30.3 Å². The second kappa shape index (κ2) is 6.30. The van der Waals surface area contributed by atoms with Crippen LogP contribution in [0.3, 0.4) is 0 Å². The molecule has 0 atom stereocenters. The lowest BCUT2D eigenvalue weighted by atomic mass is 10.1. The maximum atomic E-state index is 13.5. The van der Waals surface area contributed by atoms with E-state index < -0.39 is 24.2 Å². The summed E-state index contributed by atoms with van der Waals surface area (Å²) >= 11 is 1.32. The molecular formula is C18H13FO3S. The van der Waals surface area contributed by atoms with Crippen LogP contribution < -0.4 is 0 Å². The third-order valence-electron chi connectivity index (χ3n) is 3.54. The zero-order valence-electron chi connectivity index (χ0n) is 12.3. The van der Waals surface area contributed by atoms with Gasteiger partial charge in [0.05, 0.1) is 5.56 Å². The molecule has 0 N–H and O–H groups in total. The summed E-state index contributed by atoms with van der Waals surface area (Å²) in [5.74, 6) is -1.74. The molecule has 0 saturated heterocycles. The van der Waals surface area contributed by atoms with Gasteiger partial charge in [0, 0.05) is 4.70 Å². The molecule has 1 heterocycles. The summed E-state index contributed by atoms with van der Waals surface area (Å²) in [7, 11) is 0. The molecule has 0 radical (unpaired) electrons. The Morgan fingerprint density at radius 1 is 1.09 bits per heavy atom. The van der Waals surface area contributed by atoms with E-state index in [0.29, 0.717) is 4.88 Å². The lowest BCUT2D eigenvalue weighted by molar-refractivity contribution is 0.0478. The summed E-state index contributed by atoms with van der Waals surface area (Å²) in [4.78, 5) is 24.6. The van der Waals surface area contributed by atoms with Gasteiger partial charge in [0.1, 0.15) is 10.7 Å². The Hall–Kier alpha value is -2.53. The number of fused-ring (bicyclic) bond motifs is 1. The fourth-order valence-corrected chi connectivity index (χ4v) is 3.43. The van der Waals surface area contributed by atoms with Gasteiger partial charge in [-0.05, 0) is 36.1 Å². The highest BCUT2D eigenvalue weighted by Crippen LogP contribution is 2.31. The Balaban J connectivity index is 1.75. The van der Waals surface area contributed by atoms with E-state index in [9.17, 15) is 14.0 Å². The monoisotopic (exact) mass is 328 g/mol. The first-order valence-electron chi connectivity index (χ1n) is 7.01. The molecule has 3 nitrogen and oxygen atoms in total. The van der Waals surface area contributed by atoms with Crippen molar-refractivity contribution in [2.75, 3.05) is 6.61 Å². The van der Waals surface area contributed by atoms with Crippen molar-refractivity contribution in [2.24, 2.45) is 0 Å². The smallest absolute Gasteiger partial charge is 0.349 e. The van der Waals surface area contributed by atoms with E-state index in [-0.39, 0.29) is 5.56 Å². The molecule has 1 aromatic heterocycles. The Morgan fingerprint density at radius 2 is 1.78 bits per heavy atom. The highest BCUT2D eigenvalue weighted by atomic mass is 32.1. The number of Topliss-reactive ketones (excluding diaryl/α,β-unsaturated/α-hetero) is 1. The highest BCUT2D eigenvalue weighted by molar-refractivity contribution is 7.21. The molecule has 3 aromatic rings. The highest BCUT2D eigenvalue weighted by Gasteiger charge is 2.19. The Labute approximate surface area is 136 Å². The van der Waals surface area contributed by atoms with Gasteiger partial charge in [-0.15, -0.1) is 11.3 Å². The molecule has 0 saturated carbocycles. The maximum Gasteiger partial charge on any atom is 0.349 e. The molecular weight excluding hydrogens is 315 g/mol. The van der Waals surface area contributed by atoms with Crippen LogP contribution in [0.15, 0.2) is 48.5 Å². The predicted molar refractivity (Wildman–Crippen MR) is 87.6 cm³/mol. The van der Waals surface area contributed by atoms with Crippen LogP contribution in [0.5, 0.6) is 0 Å². The largest absolute Gasteiger partial charge is 0.453 e. The number of halogens is 1. The zero-order valence-corrected chi connectivity index (χ0v) is 13.2. The number of carbonyl (C=O) groups excluding carboxylic acids is 2. The summed E-state index contributed by atoms with van der Waals surface area (Å²) in [6.07, 6.45) is 0. The van der Waals surface area contributed by atoms with Gasteiger partial charge in [0.2, 0.25) is 5.78 Å². The first kappa shape index (κ1) is 15.4. The molecule has 23 heavy (non-hydrogen) atoms. The van der Waals surface area contributed by atoms with Crippen LogP contribution in [0.25, 0.3) is 10.1 Å². The van der Waals surface area contributed by atoms with Gasteiger partial charge < -0.3 is 4.74 Å². The summed E-state index contributed by atoms with van der Waals surface area (Å²) < 4.78 is 19.6. The molecule has 0 amide bonds. The summed E-state index contributed by atoms with van der Waals surface area (Å²) in [5.41, 5.74) is 0.752. The number of carbonyl (C=O) groups is 2. The second-order valence-electron chi connectivity index (χ2n) is 5.03. The summed E-state index contributed by atoms with van der Waals surface area (Å²) in [6, 6.07) is 13.3. The number of ether oxygens (including phenoxy) is 1. The van der Waals surface area contributed by atoms with Crippen molar-refractivity contribution >= 4 is 33.2 Å². The number of aryl methyl sites for hydroxylation is 1. The summed E-state index contributed by atoms with van der Waals surface area (Å²) in [6.45, 7) is 1.36. The number of rotatable bonds is 4. The maximum absolute atomic E-state index is 13.5. The molecule has 0 fully saturated rings. The van der Waals surface area contributed by atoms with Gasteiger partial charge in [0.15, 0.2) is 6.61 Å². The standard InChI is InChI=1S/C18H13FO3S/c1-11-12-6-3-5-9-16(12)23-17(11)18(21)22-10-15(20)13-7-2-4-8-14(13)19/h2-9H,10H2,1H3. The molecule has 116 valence electrons. The average Bonchev–Trinajstić information content (AvgIpc) is 2.90. The van der Waals surface area contributed by atoms with E-state index in [0.717, 1.165) is 15.6 Å². The van der Waals surface area contributed by atoms with Crippen LogP contribution >= 0.6 is 11.3 Å². The molecule has 0 spiro atoms. The van der Waals surface area contributed by atoms with Crippen LogP contribution in [-0.4, -0.2) is 18.4 Å². The van der Waals surface area contributed by atoms with Crippen LogP contribution in [0, 0.1) is 12.7 Å². The van der Waals surface area contributed by atoms with E-state index in [4.69, 9.17) is 4.74 Å². The zero-order chi connectivity index (χ0) is 16.4. The predicted octanol–water partition coefficient (Wildman–Crippen LogP) is 4.39. The molecule has 5 heteroatoms. The summed E-state index contributed by atoms with van der Waals surface area (Å²) in [5, 5.41) is 0.991. The molecule has 0 aliphatic rings. The minimum absolute atomic E-state index is 0.0756. The fraction of sp³-hybridized carbons (Fsp3) is 0.111. The third-order valence-corrected chi connectivity index (χ3v) is 4.79. The first-order chi connectivity index (χ1) is 11.1. The van der Waals surface area contributed by atoms with E-state index in [1.54, 1.807) is 6.07 Å². The Morgan fingerprint density at radius 3 is 2.52 bits per heavy atom.